The summed E-state index contributed by atoms with van der Waals surface area (Å²) >= 11 is 0. The molecule has 0 aromatic carbocycles. The Morgan fingerprint density at radius 3 is 2.77 bits per heavy atom. The minimum Gasteiger partial charge on any atom is -0.476 e. The molecule has 0 saturated carbocycles. The van der Waals surface area contributed by atoms with Gasteiger partial charge < -0.3 is 14.4 Å². The molecule has 1 amide bonds. The van der Waals surface area contributed by atoms with E-state index < -0.39 is 0 Å². The fraction of sp³-hybridized carbons (Fsp3) is 0.650. The third-order valence-electron chi connectivity index (χ3n) is 6.33. The number of hydrogen-bond donors (Lipinski definition) is 0. The van der Waals surface area contributed by atoms with Crippen LogP contribution < -0.4 is 4.74 Å². The second-order valence-corrected chi connectivity index (χ2v) is 7.70. The molecule has 1 aliphatic carbocycles. The number of nitrogens with zero attached hydrogens (tertiary/aromatic N) is 3. The molecular weight excluding hydrogens is 330 g/mol. The van der Waals surface area contributed by atoms with Gasteiger partial charge in [-0.15, -0.1) is 0 Å². The molecule has 6 nitrogen and oxygen atoms in total. The van der Waals surface area contributed by atoms with Crippen LogP contribution in [0.3, 0.4) is 0 Å². The zero-order valence-corrected chi connectivity index (χ0v) is 15.2. The highest BCUT2D eigenvalue weighted by Crippen LogP contribution is 2.45. The molecule has 0 bridgehead atoms. The lowest BCUT2D eigenvalue weighted by molar-refractivity contribution is -0.141. The van der Waals surface area contributed by atoms with E-state index in [9.17, 15) is 4.79 Å². The Morgan fingerprint density at radius 2 is 2.04 bits per heavy atom. The molecule has 1 aromatic rings. The Balaban J connectivity index is 1.36. The van der Waals surface area contributed by atoms with E-state index >= 15 is 0 Å². The van der Waals surface area contributed by atoms with E-state index in [1.807, 2.05) is 0 Å². The molecule has 3 aliphatic rings. The molecule has 0 N–H and O–H groups in total. The van der Waals surface area contributed by atoms with Crippen LogP contribution in [0, 0.1) is 17.3 Å². The minimum atomic E-state index is 0.175. The molecule has 2 fully saturated rings. The number of rotatable bonds is 4. The second-order valence-electron chi connectivity index (χ2n) is 7.70. The van der Waals surface area contributed by atoms with Crippen molar-refractivity contribution in [3.63, 3.8) is 0 Å². The van der Waals surface area contributed by atoms with Crippen LogP contribution in [-0.4, -0.2) is 53.7 Å². The number of carbonyl (C=O) groups excluding carboxylic acids is 1. The summed E-state index contributed by atoms with van der Waals surface area (Å²) in [6, 6.07) is 0. The van der Waals surface area contributed by atoms with Crippen molar-refractivity contribution in [1.82, 2.24) is 14.9 Å². The van der Waals surface area contributed by atoms with Gasteiger partial charge in [-0.25, -0.2) is 4.98 Å². The first-order chi connectivity index (χ1) is 12.8. The highest BCUT2D eigenvalue weighted by atomic mass is 16.5. The van der Waals surface area contributed by atoms with Gasteiger partial charge in [-0.05, 0) is 37.5 Å². The number of carbonyl (C=O) groups is 1. The van der Waals surface area contributed by atoms with Gasteiger partial charge in [0.15, 0.2) is 0 Å². The van der Waals surface area contributed by atoms with E-state index in [-0.39, 0.29) is 11.3 Å². The number of ether oxygens (including phenoxy) is 2. The van der Waals surface area contributed by atoms with Crippen LogP contribution in [-0.2, 0) is 9.53 Å². The lowest BCUT2D eigenvalue weighted by Crippen LogP contribution is -2.51. The largest absolute Gasteiger partial charge is 0.476 e. The van der Waals surface area contributed by atoms with Crippen LogP contribution >= 0.6 is 0 Å². The van der Waals surface area contributed by atoms with Crippen molar-refractivity contribution in [2.24, 2.45) is 17.3 Å². The van der Waals surface area contributed by atoms with Gasteiger partial charge in [0, 0.05) is 43.9 Å². The Bertz CT molecular complexity index is 633. The second kappa shape index (κ2) is 7.74. The topological polar surface area (TPSA) is 64.6 Å². The van der Waals surface area contributed by atoms with Crippen molar-refractivity contribution < 1.29 is 14.3 Å². The van der Waals surface area contributed by atoms with Gasteiger partial charge in [0.2, 0.25) is 11.8 Å². The van der Waals surface area contributed by atoms with E-state index in [1.165, 1.54) is 0 Å². The highest BCUT2D eigenvalue weighted by molar-refractivity contribution is 5.79. The number of hydrogen-bond acceptors (Lipinski definition) is 5. The lowest BCUT2D eigenvalue weighted by Gasteiger charge is -2.49. The molecule has 1 unspecified atom stereocenters. The van der Waals surface area contributed by atoms with Gasteiger partial charge in [-0.1, -0.05) is 12.2 Å². The summed E-state index contributed by atoms with van der Waals surface area (Å²) in [4.78, 5) is 23.0. The highest BCUT2D eigenvalue weighted by Gasteiger charge is 2.45. The minimum absolute atomic E-state index is 0.175. The zero-order chi connectivity index (χ0) is 17.8. The number of piperidine rings is 1. The SMILES string of the molecule is O=C(C1CC=CC1)N1CCC2(CCOCC2COc2cnccn2)CC1. The lowest BCUT2D eigenvalue weighted by atomic mass is 9.66. The van der Waals surface area contributed by atoms with Crippen molar-refractivity contribution >= 4 is 5.91 Å². The Morgan fingerprint density at radius 1 is 1.23 bits per heavy atom. The van der Waals surface area contributed by atoms with Gasteiger partial charge >= 0.3 is 0 Å². The Kier molecular flexibility index (Phi) is 5.20. The van der Waals surface area contributed by atoms with Crippen LogP contribution in [0.5, 0.6) is 5.88 Å². The van der Waals surface area contributed by atoms with E-state index in [1.54, 1.807) is 18.6 Å². The Hall–Kier alpha value is -1.95. The van der Waals surface area contributed by atoms with Crippen molar-refractivity contribution in [1.29, 1.82) is 0 Å². The third kappa shape index (κ3) is 3.61. The van der Waals surface area contributed by atoms with Gasteiger partial charge in [-0.3, -0.25) is 9.78 Å². The maximum absolute atomic E-state index is 12.7. The molecule has 1 spiro atoms. The molecule has 2 aliphatic heterocycles. The van der Waals surface area contributed by atoms with Crippen LogP contribution in [0.4, 0.5) is 0 Å². The van der Waals surface area contributed by atoms with Gasteiger partial charge in [0.25, 0.3) is 0 Å². The van der Waals surface area contributed by atoms with Crippen LogP contribution in [0.15, 0.2) is 30.7 Å². The molecular formula is C20H27N3O3. The van der Waals surface area contributed by atoms with E-state index in [2.05, 4.69) is 27.0 Å². The molecule has 1 atom stereocenters. The summed E-state index contributed by atoms with van der Waals surface area (Å²) < 4.78 is 11.6. The molecule has 0 radical (unpaired) electrons. The number of amides is 1. The standard InChI is InChI=1S/C20H27N3O3/c24-19(16-3-1-2-4-16)23-10-5-20(6-11-23)7-12-25-14-17(20)15-26-18-13-21-8-9-22-18/h1-2,8-9,13,16-17H,3-7,10-12,14-15H2. The summed E-state index contributed by atoms with van der Waals surface area (Å²) in [5.41, 5.74) is 0.213. The molecule has 4 rings (SSSR count). The van der Waals surface area contributed by atoms with Crippen molar-refractivity contribution in [2.75, 3.05) is 32.9 Å². The third-order valence-corrected chi connectivity index (χ3v) is 6.33. The van der Waals surface area contributed by atoms with Crippen LogP contribution in [0.1, 0.15) is 32.1 Å². The molecule has 140 valence electrons. The summed E-state index contributed by atoms with van der Waals surface area (Å²) in [6.45, 7) is 3.84. The predicted molar refractivity (Wildman–Crippen MR) is 96.6 cm³/mol. The summed E-state index contributed by atoms with van der Waals surface area (Å²) in [5.74, 6) is 1.41. The summed E-state index contributed by atoms with van der Waals surface area (Å²) in [7, 11) is 0. The fourth-order valence-corrected chi connectivity index (χ4v) is 4.56. The maximum atomic E-state index is 12.7. The average Bonchev–Trinajstić information content (AvgIpc) is 3.23. The average molecular weight is 357 g/mol. The number of likely N-dealkylation sites (tertiary alicyclic amines) is 1. The van der Waals surface area contributed by atoms with Crippen LogP contribution in [0.25, 0.3) is 0 Å². The number of aromatic nitrogens is 2. The summed E-state index contributed by atoms with van der Waals surface area (Å²) in [6.07, 6.45) is 14.1. The van der Waals surface area contributed by atoms with Crippen molar-refractivity contribution in [3.05, 3.63) is 30.7 Å². The smallest absolute Gasteiger partial charge is 0.232 e. The van der Waals surface area contributed by atoms with Gasteiger partial charge in [-0.2, -0.15) is 0 Å². The quantitative estimate of drug-likeness (QED) is 0.775. The molecule has 3 heterocycles. The van der Waals surface area contributed by atoms with E-state index in [0.29, 0.717) is 24.3 Å². The first-order valence-corrected chi connectivity index (χ1v) is 9.67. The molecule has 1 aromatic heterocycles. The maximum Gasteiger partial charge on any atom is 0.232 e. The normalized spacial score (nSPS) is 25.5. The first kappa shape index (κ1) is 17.5. The van der Waals surface area contributed by atoms with Crippen molar-refractivity contribution in [2.45, 2.75) is 32.1 Å². The predicted octanol–water partition coefficient (Wildman–Crippen LogP) is 2.47. The molecule has 2 saturated heterocycles. The fourth-order valence-electron chi connectivity index (χ4n) is 4.56. The zero-order valence-electron chi connectivity index (χ0n) is 15.2. The van der Waals surface area contributed by atoms with Gasteiger partial charge in [0.05, 0.1) is 19.4 Å². The van der Waals surface area contributed by atoms with E-state index in [4.69, 9.17) is 9.47 Å². The number of allylic oxidation sites excluding steroid dienone is 2. The summed E-state index contributed by atoms with van der Waals surface area (Å²) in [5, 5.41) is 0. The van der Waals surface area contributed by atoms with E-state index in [0.717, 1.165) is 58.4 Å². The van der Waals surface area contributed by atoms with Crippen LogP contribution in [0.2, 0.25) is 0 Å². The monoisotopic (exact) mass is 357 g/mol. The van der Waals surface area contributed by atoms with Crippen molar-refractivity contribution in [3.8, 4) is 5.88 Å². The Labute approximate surface area is 154 Å². The first-order valence-electron chi connectivity index (χ1n) is 9.67. The molecule has 26 heavy (non-hydrogen) atoms. The van der Waals surface area contributed by atoms with Gasteiger partial charge in [0.1, 0.15) is 0 Å². The molecule has 6 heteroatoms.